The lowest BCUT2D eigenvalue weighted by atomic mass is 9.99. The number of sulfone groups is 1. The molecule has 0 saturated carbocycles. The number of rotatable bonds is 7. The van der Waals surface area contributed by atoms with Crippen molar-refractivity contribution in [2.75, 3.05) is 25.9 Å². The van der Waals surface area contributed by atoms with Gasteiger partial charge in [0, 0.05) is 20.1 Å². The second-order valence-corrected chi connectivity index (χ2v) is 8.44. The Kier molecular flexibility index (Phi) is 7.21. The Bertz CT molecular complexity index is 833. The first-order valence-electron chi connectivity index (χ1n) is 8.71. The highest BCUT2D eigenvalue weighted by molar-refractivity contribution is 7.91. The van der Waals surface area contributed by atoms with Crippen LogP contribution in [0, 0.1) is 6.92 Å². The molecule has 1 unspecified atom stereocenters. The molecule has 0 aliphatic heterocycles. The largest absolute Gasteiger partial charge is 0.356 e. The average molecular weight is 374 g/mol. The van der Waals surface area contributed by atoms with Crippen LogP contribution in [0.5, 0.6) is 0 Å². The molecule has 2 N–H and O–H groups in total. The Morgan fingerprint density at radius 2 is 1.81 bits per heavy atom. The average Bonchev–Trinajstić information content (AvgIpc) is 2.65. The molecule has 0 radical (unpaired) electrons. The zero-order chi connectivity index (χ0) is 19.0. The summed E-state index contributed by atoms with van der Waals surface area (Å²) in [6.45, 7) is 5.25. The first kappa shape index (κ1) is 20.0. The van der Waals surface area contributed by atoms with Gasteiger partial charge in [-0.2, -0.15) is 0 Å². The van der Waals surface area contributed by atoms with Crippen LogP contribution in [0.4, 0.5) is 0 Å². The molecule has 2 aromatic carbocycles. The van der Waals surface area contributed by atoms with Crippen LogP contribution in [0.2, 0.25) is 0 Å². The minimum atomic E-state index is -3.29. The summed E-state index contributed by atoms with van der Waals surface area (Å²) >= 11 is 0. The zero-order valence-electron chi connectivity index (χ0n) is 15.6. The molecule has 0 aromatic heterocycles. The molecule has 2 rings (SSSR count). The van der Waals surface area contributed by atoms with Crippen molar-refractivity contribution in [1.29, 1.82) is 0 Å². The second kappa shape index (κ2) is 9.38. The molecule has 1 atom stereocenters. The Balaban J connectivity index is 1.83. The third-order valence-electron chi connectivity index (χ3n) is 4.18. The van der Waals surface area contributed by atoms with E-state index >= 15 is 0 Å². The molecule has 0 amide bonds. The molecule has 2 aromatic rings. The standard InChI is InChI=1S/C20H27N3O2S/c1-16-8-7-9-18(14-16)17(2)15-23-20(21-3)22-12-13-26(24,25)19-10-5-4-6-11-19/h4-11,14,17H,12-13,15H2,1-3H3,(H2,21,22,23). The molecule has 0 saturated heterocycles. The van der Waals surface area contributed by atoms with E-state index in [0.29, 0.717) is 29.9 Å². The van der Waals surface area contributed by atoms with Gasteiger partial charge in [0.2, 0.25) is 0 Å². The molecule has 0 aliphatic carbocycles. The summed E-state index contributed by atoms with van der Waals surface area (Å²) < 4.78 is 24.6. The van der Waals surface area contributed by atoms with Gasteiger partial charge in [0.25, 0.3) is 0 Å². The summed E-state index contributed by atoms with van der Waals surface area (Å²) in [4.78, 5) is 4.51. The number of aliphatic imine (C=N–C) groups is 1. The highest BCUT2D eigenvalue weighted by atomic mass is 32.2. The van der Waals surface area contributed by atoms with Gasteiger partial charge < -0.3 is 10.6 Å². The Morgan fingerprint density at radius 1 is 1.08 bits per heavy atom. The van der Waals surface area contributed by atoms with Gasteiger partial charge in [0.05, 0.1) is 10.6 Å². The van der Waals surface area contributed by atoms with Crippen molar-refractivity contribution >= 4 is 15.8 Å². The number of aryl methyl sites for hydroxylation is 1. The summed E-state index contributed by atoms with van der Waals surface area (Å²) in [5, 5.41) is 6.33. The molecule has 0 fully saturated rings. The molecule has 26 heavy (non-hydrogen) atoms. The summed E-state index contributed by atoms with van der Waals surface area (Å²) in [5.74, 6) is 0.944. The fourth-order valence-electron chi connectivity index (χ4n) is 2.61. The molecule has 6 heteroatoms. The zero-order valence-corrected chi connectivity index (χ0v) is 16.4. The maximum absolute atomic E-state index is 12.3. The van der Waals surface area contributed by atoms with Gasteiger partial charge in [-0.15, -0.1) is 0 Å². The quantitative estimate of drug-likeness (QED) is 0.578. The van der Waals surface area contributed by atoms with Crippen molar-refractivity contribution < 1.29 is 8.42 Å². The number of hydrogen-bond donors (Lipinski definition) is 2. The summed E-state index contributed by atoms with van der Waals surface area (Å²) in [6, 6.07) is 16.9. The highest BCUT2D eigenvalue weighted by Gasteiger charge is 2.14. The van der Waals surface area contributed by atoms with Crippen LogP contribution in [0.3, 0.4) is 0 Å². The van der Waals surface area contributed by atoms with E-state index in [9.17, 15) is 8.42 Å². The van der Waals surface area contributed by atoms with Crippen molar-refractivity contribution in [2.45, 2.75) is 24.7 Å². The van der Waals surface area contributed by atoms with Crippen LogP contribution in [-0.4, -0.2) is 40.3 Å². The van der Waals surface area contributed by atoms with Gasteiger partial charge in [0.15, 0.2) is 15.8 Å². The predicted octanol–water partition coefficient (Wildman–Crippen LogP) is 2.74. The minimum Gasteiger partial charge on any atom is -0.356 e. The Morgan fingerprint density at radius 3 is 2.46 bits per heavy atom. The molecular formula is C20H27N3O2S. The van der Waals surface area contributed by atoms with Crippen molar-refractivity contribution in [3.8, 4) is 0 Å². The molecule has 0 aliphatic rings. The van der Waals surface area contributed by atoms with Crippen molar-refractivity contribution in [3.63, 3.8) is 0 Å². The van der Waals surface area contributed by atoms with Crippen molar-refractivity contribution in [2.24, 2.45) is 4.99 Å². The third-order valence-corrected chi connectivity index (χ3v) is 5.91. The molecule has 5 nitrogen and oxygen atoms in total. The van der Waals surface area contributed by atoms with Gasteiger partial charge in [-0.05, 0) is 30.5 Å². The van der Waals surface area contributed by atoms with E-state index in [1.807, 2.05) is 0 Å². The fourth-order valence-corrected chi connectivity index (χ4v) is 3.79. The van der Waals surface area contributed by atoms with E-state index in [1.165, 1.54) is 11.1 Å². The minimum absolute atomic E-state index is 0.0190. The number of guanidine groups is 1. The van der Waals surface area contributed by atoms with Gasteiger partial charge in [0.1, 0.15) is 0 Å². The Hall–Kier alpha value is -2.34. The molecule has 0 bridgehead atoms. The van der Waals surface area contributed by atoms with Crippen molar-refractivity contribution in [3.05, 3.63) is 65.7 Å². The topological polar surface area (TPSA) is 70.6 Å². The first-order valence-corrected chi connectivity index (χ1v) is 10.4. The summed E-state index contributed by atoms with van der Waals surface area (Å²) in [7, 11) is -1.61. The lowest BCUT2D eigenvalue weighted by Crippen LogP contribution is -2.41. The van der Waals surface area contributed by atoms with Crippen LogP contribution in [-0.2, 0) is 9.84 Å². The van der Waals surface area contributed by atoms with E-state index in [1.54, 1.807) is 37.4 Å². The smallest absolute Gasteiger partial charge is 0.191 e. The van der Waals surface area contributed by atoms with Crippen LogP contribution >= 0.6 is 0 Å². The molecule has 0 heterocycles. The van der Waals surface area contributed by atoms with Gasteiger partial charge >= 0.3 is 0 Å². The SMILES string of the molecule is CN=C(NCCS(=O)(=O)c1ccccc1)NCC(C)c1cccc(C)c1. The summed E-state index contributed by atoms with van der Waals surface area (Å²) in [6.07, 6.45) is 0. The second-order valence-electron chi connectivity index (χ2n) is 6.33. The highest BCUT2D eigenvalue weighted by Crippen LogP contribution is 2.15. The van der Waals surface area contributed by atoms with Crippen LogP contribution in [0.1, 0.15) is 24.0 Å². The number of hydrogen-bond acceptors (Lipinski definition) is 3. The Labute approximate surface area is 156 Å². The maximum Gasteiger partial charge on any atom is 0.191 e. The summed E-state index contributed by atoms with van der Waals surface area (Å²) in [5.41, 5.74) is 2.50. The van der Waals surface area contributed by atoms with Gasteiger partial charge in [-0.25, -0.2) is 8.42 Å². The number of benzene rings is 2. The normalized spacial score (nSPS) is 13.3. The first-order chi connectivity index (χ1) is 12.4. The molecular weight excluding hydrogens is 346 g/mol. The number of nitrogens with zero attached hydrogens (tertiary/aromatic N) is 1. The van der Waals surface area contributed by atoms with E-state index in [2.05, 4.69) is 53.7 Å². The van der Waals surface area contributed by atoms with E-state index in [-0.39, 0.29) is 5.75 Å². The van der Waals surface area contributed by atoms with Crippen molar-refractivity contribution in [1.82, 2.24) is 10.6 Å². The lowest BCUT2D eigenvalue weighted by molar-refractivity contribution is 0.594. The van der Waals surface area contributed by atoms with Gasteiger partial charge in [-0.1, -0.05) is 55.0 Å². The van der Waals surface area contributed by atoms with Crippen LogP contribution in [0.25, 0.3) is 0 Å². The predicted molar refractivity (Wildman–Crippen MR) is 107 cm³/mol. The third kappa shape index (κ3) is 5.88. The lowest BCUT2D eigenvalue weighted by Gasteiger charge is -2.17. The fraction of sp³-hybridized carbons (Fsp3) is 0.350. The number of nitrogens with one attached hydrogen (secondary N) is 2. The van der Waals surface area contributed by atoms with E-state index < -0.39 is 9.84 Å². The van der Waals surface area contributed by atoms with Gasteiger partial charge in [-0.3, -0.25) is 4.99 Å². The monoisotopic (exact) mass is 373 g/mol. The maximum atomic E-state index is 12.3. The van der Waals surface area contributed by atoms with E-state index in [0.717, 1.165) is 0 Å². The van der Waals surface area contributed by atoms with E-state index in [4.69, 9.17) is 0 Å². The molecule has 0 spiro atoms. The molecule has 140 valence electrons. The van der Waals surface area contributed by atoms with Crippen LogP contribution < -0.4 is 10.6 Å². The van der Waals surface area contributed by atoms with Crippen LogP contribution in [0.15, 0.2) is 64.5 Å².